The summed E-state index contributed by atoms with van der Waals surface area (Å²) in [6, 6.07) is 20.8. The Morgan fingerprint density at radius 3 is 2.53 bits per heavy atom. The van der Waals surface area contributed by atoms with E-state index in [0.29, 0.717) is 16.2 Å². The van der Waals surface area contributed by atoms with Gasteiger partial charge in [-0.1, -0.05) is 42.5 Å². The Labute approximate surface area is 176 Å². The third-order valence-corrected chi connectivity index (χ3v) is 5.13. The molecule has 0 atom stereocenters. The molecule has 0 spiro atoms. The molecule has 2 N–H and O–H groups in total. The fraction of sp³-hybridized carbons (Fsp3) is 0. The predicted molar refractivity (Wildman–Crippen MR) is 116 cm³/mol. The number of ether oxygens (including phenoxy) is 1. The highest BCUT2D eigenvalue weighted by Crippen LogP contribution is 2.25. The molecule has 0 saturated heterocycles. The number of carbonyl (C=O) groups excluding carboxylic acids is 2. The number of amides is 1. The molecule has 7 heteroatoms. The summed E-state index contributed by atoms with van der Waals surface area (Å²) < 4.78 is 5.34. The van der Waals surface area contributed by atoms with Crippen LogP contribution in [-0.2, 0) is 0 Å². The molecule has 3 aromatic carbocycles. The van der Waals surface area contributed by atoms with Crippen LogP contribution in [0, 0.1) is 0 Å². The number of fused-ring (bicyclic) bond motifs is 1. The van der Waals surface area contributed by atoms with E-state index in [4.69, 9.17) is 4.74 Å². The Morgan fingerprint density at radius 1 is 0.967 bits per heavy atom. The number of phenols is 1. The number of phenolic OH excluding ortho intramolecular Hbond substituents is 1. The van der Waals surface area contributed by atoms with Gasteiger partial charge in [0.05, 0.1) is 11.8 Å². The van der Waals surface area contributed by atoms with Crippen LogP contribution >= 0.6 is 11.3 Å². The summed E-state index contributed by atoms with van der Waals surface area (Å²) in [5, 5.41) is 17.5. The second kappa shape index (κ2) is 8.59. The molecule has 4 aromatic rings. The standard InChI is InChI=1S/C23H16N2O4S/c26-20-13-17-7-2-1-6-16(17)12-19(20)22(27)25-24-14-15-5-3-8-18(11-15)29-23(28)21-9-4-10-30-21/h1-14,26H,(H,25,27)/b24-14-. The van der Waals surface area contributed by atoms with Crippen molar-refractivity contribution in [1.82, 2.24) is 5.43 Å². The predicted octanol–water partition coefficient (Wildman–Crippen LogP) is 4.59. The molecule has 4 rings (SSSR count). The van der Waals surface area contributed by atoms with Gasteiger partial charge in [0, 0.05) is 0 Å². The molecule has 0 aliphatic carbocycles. The monoisotopic (exact) mass is 416 g/mol. The average molecular weight is 416 g/mol. The molecule has 0 aliphatic rings. The van der Waals surface area contributed by atoms with Gasteiger partial charge < -0.3 is 9.84 Å². The van der Waals surface area contributed by atoms with Gasteiger partial charge in [0.15, 0.2) is 0 Å². The van der Waals surface area contributed by atoms with Gasteiger partial charge in [-0.05, 0) is 52.0 Å². The lowest BCUT2D eigenvalue weighted by molar-refractivity contribution is 0.0739. The fourth-order valence-electron chi connectivity index (χ4n) is 2.85. The minimum absolute atomic E-state index is 0.121. The maximum atomic E-state index is 12.4. The number of benzene rings is 3. The lowest BCUT2D eigenvalue weighted by atomic mass is 10.1. The van der Waals surface area contributed by atoms with Gasteiger partial charge in [-0.15, -0.1) is 11.3 Å². The molecule has 0 radical (unpaired) electrons. The number of nitrogens with one attached hydrogen (secondary N) is 1. The van der Waals surface area contributed by atoms with Crippen molar-refractivity contribution in [3.63, 3.8) is 0 Å². The Bertz CT molecular complexity index is 1250. The number of hydrogen-bond acceptors (Lipinski definition) is 6. The number of hydrogen-bond donors (Lipinski definition) is 2. The fourth-order valence-corrected chi connectivity index (χ4v) is 3.44. The summed E-state index contributed by atoms with van der Waals surface area (Å²) in [5.41, 5.74) is 3.16. The smallest absolute Gasteiger partial charge is 0.353 e. The van der Waals surface area contributed by atoms with Crippen molar-refractivity contribution in [1.29, 1.82) is 0 Å². The van der Waals surface area contributed by atoms with E-state index >= 15 is 0 Å². The van der Waals surface area contributed by atoms with Gasteiger partial charge in [0.2, 0.25) is 0 Å². The van der Waals surface area contributed by atoms with Crippen LogP contribution in [0.15, 0.2) is 83.3 Å². The third-order valence-electron chi connectivity index (χ3n) is 4.28. The number of hydrazone groups is 1. The first kappa shape index (κ1) is 19.4. The van der Waals surface area contributed by atoms with Crippen molar-refractivity contribution in [3.05, 3.63) is 94.2 Å². The van der Waals surface area contributed by atoms with Gasteiger partial charge in [0.25, 0.3) is 5.91 Å². The van der Waals surface area contributed by atoms with Crippen molar-refractivity contribution < 1.29 is 19.4 Å². The summed E-state index contributed by atoms with van der Waals surface area (Å²) in [7, 11) is 0. The molecule has 1 amide bonds. The van der Waals surface area contributed by atoms with Crippen LogP contribution in [-0.4, -0.2) is 23.2 Å². The van der Waals surface area contributed by atoms with Crippen LogP contribution in [0.4, 0.5) is 0 Å². The summed E-state index contributed by atoms with van der Waals surface area (Å²) in [6.45, 7) is 0. The maximum absolute atomic E-state index is 12.4. The first-order valence-electron chi connectivity index (χ1n) is 9.01. The van der Waals surface area contributed by atoms with Crippen LogP contribution < -0.4 is 10.2 Å². The molecule has 0 saturated carbocycles. The van der Waals surface area contributed by atoms with Crippen molar-refractivity contribution in [2.75, 3.05) is 0 Å². The van der Waals surface area contributed by atoms with E-state index in [-0.39, 0.29) is 11.3 Å². The number of thiophene rings is 1. The Balaban J connectivity index is 1.44. The molecule has 0 unspecified atom stereocenters. The average Bonchev–Trinajstić information content (AvgIpc) is 3.28. The highest BCUT2D eigenvalue weighted by atomic mass is 32.1. The normalized spacial score (nSPS) is 10.9. The summed E-state index contributed by atoms with van der Waals surface area (Å²) in [6.07, 6.45) is 1.43. The molecule has 0 aliphatic heterocycles. The quantitative estimate of drug-likeness (QED) is 0.216. The largest absolute Gasteiger partial charge is 0.507 e. The van der Waals surface area contributed by atoms with E-state index in [9.17, 15) is 14.7 Å². The second-order valence-corrected chi connectivity index (χ2v) is 7.30. The Morgan fingerprint density at radius 2 is 1.77 bits per heavy atom. The topological polar surface area (TPSA) is 88.0 Å². The highest BCUT2D eigenvalue weighted by Gasteiger charge is 2.12. The van der Waals surface area contributed by atoms with Gasteiger partial charge in [-0.2, -0.15) is 5.10 Å². The van der Waals surface area contributed by atoms with E-state index in [1.807, 2.05) is 24.3 Å². The van der Waals surface area contributed by atoms with Crippen molar-refractivity contribution >= 4 is 40.2 Å². The Kier molecular flexibility index (Phi) is 5.54. The van der Waals surface area contributed by atoms with E-state index in [0.717, 1.165) is 10.8 Å². The number of carbonyl (C=O) groups is 2. The van der Waals surface area contributed by atoms with E-state index < -0.39 is 11.9 Å². The minimum Gasteiger partial charge on any atom is -0.507 e. The van der Waals surface area contributed by atoms with Crippen molar-refractivity contribution in [2.45, 2.75) is 0 Å². The number of rotatable bonds is 5. The molecular weight excluding hydrogens is 400 g/mol. The first-order valence-corrected chi connectivity index (χ1v) is 9.89. The van der Waals surface area contributed by atoms with Gasteiger partial charge >= 0.3 is 5.97 Å². The van der Waals surface area contributed by atoms with Crippen LogP contribution in [0.2, 0.25) is 0 Å². The minimum atomic E-state index is -0.533. The molecule has 148 valence electrons. The number of nitrogens with zero attached hydrogens (tertiary/aromatic N) is 1. The van der Waals surface area contributed by atoms with E-state index in [2.05, 4.69) is 10.5 Å². The van der Waals surface area contributed by atoms with Crippen LogP contribution in [0.3, 0.4) is 0 Å². The zero-order chi connectivity index (χ0) is 20.9. The van der Waals surface area contributed by atoms with Crippen LogP contribution in [0.25, 0.3) is 10.8 Å². The van der Waals surface area contributed by atoms with Crippen LogP contribution in [0.1, 0.15) is 25.6 Å². The zero-order valence-corrected chi connectivity index (χ0v) is 16.4. The third kappa shape index (κ3) is 4.37. The SMILES string of the molecule is O=C(Oc1cccc(/C=N\NC(=O)c2cc3ccccc3cc2O)c1)c1cccs1. The first-order chi connectivity index (χ1) is 14.6. The molecule has 1 heterocycles. The molecule has 0 bridgehead atoms. The summed E-state index contributed by atoms with van der Waals surface area (Å²) in [5.74, 6) is -0.714. The van der Waals surface area contributed by atoms with Crippen molar-refractivity contribution in [3.8, 4) is 11.5 Å². The highest BCUT2D eigenvalue weighted by molar-refractivity contribution is 7.12. The molecule has 1 aromatic heterocycles. The molecule has 6 nitrogen and oxygen atoms in total. The van der Waals surface area contributed by atoms with Crippen molar-refractivity contribution in [2.24, 2.45) is 5.10 Å². The van der Waals surface area contributed by atoms with E-state index in [1.165, 1.54) is 17.6 Å². The van der Waals surface area contributed by atoms with Gasteiger partial charge in [-0.25, -0.2) is 10.2 Å². The lowest BCUT2D eigenvalue weighted by Crippen LogP contribution is -2.17. The lowest BCUT2D eigenvalue weighted by Gasteiger charge is -2.06. The number of aromatic hydroxyl groups is 1. The second-order valence-electron chi connectivity index (χ2n) is 6.35. The van der Waals surface area contributed by atoms with Gasteiger partial charge in [-0.3, -0.25) is 4.79 Å². The molecule has 30 heavy (non-hydrogen) atoms. The Hall–Kier alpha value is -3.97. The zero-order valence-electron chi connectivity index (χ0n) is 15.6. The maximum Gasteiger partial charge on any atom is 0.353 e. The van der Waals surface area contributed by atoms with E-state index in [1.54, 1.807) is 53.9 Å². The van der Waals surface area contributed by atoms with Crippen LogP contribution in [0.5, 0.6) is 11.5 Å². The number of esters is 1. The summed E-state index contributed by atoms with van der Waals surface area (Å²) >= 11 is 1.30. The summed E-state index contributed by atoms with van der Waals surface area (Å²) in [4.78, 5) is 24.9. The molecule has 0 fully saturated rings. The van der Waals surface area contributed by atoms with Gasteiger partial charge in [0.1, 0.15) is 16.4 Å². The molecular formula is C23H16N2O4S.